The summed E-state index contributed by atoms with van der Waals surface area (Å²) in [6.45, 7) is 1.94. The summed E-state index contributed by atoms with van der Waals surface area (Å²) in [5, 5.41) is 2.71. The smallest absolute Gasteiger partial charge is 0.249 e. The largest absolute Gasteiger partial charge is 0.399 e. The average Bonchev–Trinajstić information content (AvgIpc) is 2.42. The van der Waals surface area contributed by atoms with Crippen LogP contribution >= 0.6 is 15.9 Å². The van der Waals surface area contributed by atoms with E-state index in [1.807, 2.05) is 19.1 Å². The highest BCUT2D eigenvalue weighted by atomic mass is 79.9. The predicted octanol–water partition coefficient (Wildman–Crippen LogP) is 3.39. The van der Waals surface area contributed by atoms with E-state index in [-0.39, 0.29) is 5.91 Å². The van der Waals surface area contributed by atoms with E-state index in [0.29, 0.717) is 11.5 Å². The van der Waals surface area contributed by atoms with Crippen LogP contribution in [0.25, 0.3) is 6.08 Å². The summed E-state index contributed by atoms with van der Waals surface area (Å²) >= 11 is 3.36. The van der Waals surface area contributed by atoms with Crippen LogP contribution in [0.15, 0.2) is 47.1 Å². The summed E-state index contributed by atoms with van der Waals surface area (Å²) in [5.74, 6) is 0.300. The molecule has 0 spiro atoms. The Bertz CT molecular complexity index is 651. The Balaban J connectivity index is 2.01. The molecule has 1 aromatic heterocycles. The van der Waals surface area contributed by atoms with Gasteiger partial charge < -0.3 is 11.1 Å². The maximum Gasteiger partial charge on any atom is 0.249 e. The van der Waals surface area contributed by atoms with E-state index in [4.69, 9.17) is 5.73 Å². The molecule has 1 heterocycles. The van der Waals surface area contributed by atoms with Gasteiger partial charge in [0.15, 0.2) is 0 Å². The molecule has 0 aliphatic rings. The number of hydrogen-bond donors (Lipinski definition) is 2. The zero-order valence-electron chi connectivity index (χ0n) is 10.9. The second kappa shape index (κ2) is 6.34. The number of halogens is 1. The molecule has 102 valence electrons. The lowest BCUT2D eigenvalue weighted by atomic mass is 10.2. The van der Waals surface area contributed by atoms with Crippen molar-refractivity contribution in [3.05, 3.63) is 58.2 Å². The molecule has 2 rings (SSSR count). The zero-order valence-corrected chi connectivity index (χ0v) is 12.5. The van der Waals surface area contributed by atoms with Gasteiger partial charge in [-0.3, -0.25) is 4.79 Å². The molecule has 1 amide bonds. The Morgan fingerprint density at radius 3 is 2.70 bits per heavy atom. The molecule has 20 heavy (non-hydrogen) atoms. The lowest BCUT2D eigenvalue weighted by Gasteiger charge is -2.03. The van der Waals surface area contributed by atoms with Gasteiger partial charge >= 0.3 is 0 Å². The van der Waals surface area contributed by atoms with Crippen molar-refractivity contribution in [1.29, 1.82) is 0 Å². The van der Waals surface area contributed by atoms with Gasteiger partial charge in [0.1, 0.15) is 5.82 Å². The number of hydrogen-bond acceptors (Lipinski definition) is 3. The number of carbonyl (C=O) groups excluding carboxylic acids is 1. The molecular formula is C15H14BrN3O. The maximum atomic E-state index is 11.8. The summed E-state index contributed by atoms with van der Waals surface area (Å²) < 4.78 is 0.910. The Morgan fingerprint density at radius 1 is 1.35 bits per heavy atom. The van der Waals surface area contributed by atoms with Crippen LogP contribution in [0.2, 0.25) is 0 Å². The lowest BCUT2D eigenvalue weighted by molar-refractivity contribution is -0.111. The maximum absolute atomic E-state index is 11.8. The molecule has 0 saturated carbocycles. The summed E-state index contributed by atoms with van der Waals surface area (Å²) in [7, 11) is 0. The fraction of sp³-hybridized carbons (Fsp3) is 0.0667. The number of nitrogens with zero attached hydrogens (tertiary/aromatic N) is 1. The highest BCUT2D eigenvalue weighted by Crippen LogP contribution is 2.17. The highest BCUT2D eigenvalue weighted by molar-refractivity contribution is 9.10. The molecule has 0 fully saturated rings. The van der Waals surface area contributed by atoms with Crippen LogP contribution < -0.4 is 11.1 Å². The van der Waals surface area contributed by atoms with Crippen molar-refractivity contribution in [3.63, 3.8) is 0 Å². The molecule has 0 unspecified atom stereocenters. The van der Waals surface area contributed by atoms with Gasteiger partial charge in [0.05, 0.1) is 0 Å². The van der Waals surface area contributed by atoms with Crippen molar-refractivity contribution < 1.29 is 4.79 Å². The molecule has 0 atom stereocenters. The van der Waals surface area contributed by atoms with Crippen molar-refractivity contribution in [2.75, 3.05) is 11.1 Å². The molecule has 0 radical (unpaired) electrons. The second-order valence-corrected chi connectivity index (χ2v) is 5.16. The molecule has 3 N–H and O–H groups in total. The Morgan fingerprint density at radius 2 is 2.05 bits per heavy atom. The number of nitrogen functional groups attached to an aromatic ring is 1. The van der Waals surface area contributed by atoms with E-state index in [1.165, 1.54) is 6.08 Å². The lowest BCUT2D eigenvalue weighted by Crippen LogP contribution is -2.09. The first-order valence-electron chi connectivity index (χ1n) is 6.01. The van der Waals surface area contributed by atoms with E-state index in [1.54, 1.807) is 30.5 Å². The van der Waals surface area contributed by atoms with Crippen LogP contribution in [0.5, 0.6) is 0 Å². The van der Waals surface area contributed by atoms with Crippen LogP contribution in [0, 0.1) is 6.92 Å². The molecule has 0 saturated heterocycles. The van der Waals surface area contributed by atoms with E-state index < -0.39 is 0 Å². The van der Waals surface area contributed by atoms with Crippen molar-refractivity contribution in [2.45, 2.75) is 6.92 Å². The number of rotatable bonds is 3. The highest BCUT2D eigenvalue weighted by Gasteiger charge is 2.01. The van der Waals surface area contributed by atoms with Crippen LogP contribution in [-0.2, 0) is 4.79 Å². The number of aryl methyl sites for hydroxylation is 1. The van der Waals surface area contributed by atoms with Crippen molar-refractivity contribution >= 4 is 39.4 Å². The normalized spacial score (nSPS) is 10.7. The number of nitrogens with two attached hydrogens (primary N) is 1. The third-order valence-corrected chi connectivity index (χ3v) is 3.49. The van der Waals surface area contributed by atoms with Crippen LogP contribution in [0.1, 0.15) is 11.1 Å². The molecule has 0 aliphatic heterocycles. The number of benzene rings is 1. The molecule has 1 aromatic carbocycles. The fourth-order valence-corrected chi connectivity index (χ4v) is 1.77. The monoisotopic (exact) mass is 331 g/mol. The Hall–Kier alpha value is -2.14. The third kappa shape index (κ3) is 3.93. The SMILES string of the molecule is Cc1cc(NC(=O)/C=C/c2ccc(N)cc2)ncc1Br. The van der Waals surface area contributed by atoms with Gasteiger partial charge in [0, 0.05) is 22.4 Å². The molecule has 2 aromatic rings. The summed E-state index contributed by atoms with van der Waals surface area (Å²) in [6, 6.07) is 9.08. The van der Waals surface area contributed by atoms with Gasteiger partial charge in [0.25, 0.3) is 0 Å². The first-order valence-corrected chi connectivity index (χ1v) is 6.80. The van der Waals surface area contributed by atoms with Gasteiger partial charge in [-0.05, 0) is 58.3 Å². The standard InChI is InChI=1S/C15H14BrN3O/c1-10-8-14(18-9-13(10)16)19-15(20)7-4-11-2-5-12(17)6-3-11/h2-9H,17H2,1H3,(H,18,19,20)/b7-4+. The first kappa shape index (κ1) is 14.3. The van der Waals surface area contributed by atoms with Crippen LogP contribution in [0.3, 0.4) is 0 Å². The predicted molar refractivity (Wildman–Crippen MR) is 85.2 cm³/mol. The number of amides is 1. The number of pyridine rings is 1. The summed E-state index contributed by atoms with van der Waals surface area (Å²) in [4.78, 5) is 15.9. The van der Waals surface area contributed by atoms with Gasteiger partial charge in [-0.15, -0.1) is 0 Å². The van der Waals surface area contributed by atoms with Gasteiger partial charge in [-0.25, -0.2) is 4.98 Å². The minimum absolute atomic E-state index is 0.226. The minimum Gasteiger partial charge on any atom is -0.399 e. The quantitative estimate of drug-likeness (QED) is 0.669. The number of carbonyl (C=O) groups is 1. The Labute approximate surface area is 125 Å². The van der Waals surface area contributed by atoms with Crippen molar-refractivity contribution in [3.8, 4) is 0 Å². The third-order valence-electron chi connectivity index (χ3n) is 2.66. The van der Waals surface area contributed by atoms with E-state index in [0.717, 1.165) is 15.6 Å². The molecule has 0 aliphatic carbocycles. The number of nitrogens with one attached hydrogen (secondary N) is 1. The van der Waals surface area contributed by atoms with Crippen LogP contribution in [-0.4, -0.2) is 10.9 Å². The zero-order chi connectivity index (χ0) is 14.5. The fourth-order valence-electron chi connectivity index (χ4n) is 1.55. The first-order chi connectivity index (χ1) is 9.54. The van der Waals surface area contributed by atoms with E-state index >= 15 is 0 Å². The molecule has 0 bridgehead atoms. The number of anilines is 2. The second-order valence-electron chi connectivity index (χ2n) is 4.31. The van der Waals surface area contributed by atoms with E-state index in [9.17, 15) is 4.79 Å². The van der Waals surface area contributed by atoms with Gasteiger partial charge in [0.2, 0.25) is 5.91 Å². The minimum atomic E-state index is -0.226. The summed E-state index contributed by atoms with van der Waals surface area (Å²) in [6.07, 6.45) is 4.85. The average molecular weight is 332 g/mol. The molecular weight excluding hydrogens is 318 g/mol. The molecule has 4 nitrogen and oxygen atoms in total. The topological polar surface area (TPSA) is 68.0 Å². The van der Waals surface area contributed by atoms with Gasteiger partial charge in [-0.2, -0.15) is 0 Å². The van der Waals surface area contributed by atoms with Gasteiger partial charge in [-0.1, -0.05) is 12.1 Å². The molecule has 5 heteroatoms. The Kier molecular flexibility index (Phi) is 4.53. The van der Waals surface area contributed by atoms with Crippen LogP contribution in [0.4, 0.5) is 11.5 Å². The van der Waals surface area contributed by atoms with Crippen molar-refractivity contribution in [1.82, 2.24) is 4.98 Å². The summed E-state index contributed by atoms with van der Waals surface area (Å²) in [5.41, 5.74) is 8.21. The van der Waals surface area contributed by atoms with E-state index in [2.05, 4.69) is 26.2 Å². The number of aromatic nitrogens is 1. The van der Waals surface area contributed by atoms with Crippen molar-refractivity contribution in [2.24, 2.45) is 0 Å².